The Bertz CT molecular complexity index is 1250. The monoisotopic (exact) mass is 426 g/mol. The smallest absolute Gasteiger partial charge is 0.246 e. The standard InChI is InChI=1S/C26H26N4O2/c1-17-13-18(2)28-26-25(17)22(16-27)23(7-8-24(31)29-9-11-32-12-10-29)30(26)21-14-19-5-3-4-6-20(19)15-21/h3-8,13,21H,9-12,14-15H2,1-2H3. The molecule has 6 nitrogen and oxygen atoms in total. The Hall–Kier alpha value is -3.43. The van der Waals surface area contributed by atoms with Crippen LogP contribution in [0.5, 0.6) is 0 Å². The number of amides is 1. The van der Waals surface area contributed by atoms with Crippen LogP contribution in [0, 0.1) is 25.2 Å². The van der Waals surface area contributed by atoms with Crippen LogP contribution in [0.2, 0.25) is 0 Å². The number of aryl methyl sites for hydroxylation is 2. The molecule has 0 saturated carbocycles. The van der Waals surface area contributed by atoms with Crippen molar-refractivity contribution in [2.45, 2.75) is 32.7 Å². The van der Waals surface area contributed by atoms with Crippen molar-refractivity contribution < 1.29 is 9.53 Å². The van der Waals surface area contributed by atoms with Crippen molar-refractivity contribution in [1.29, 1.82) is 5.26 Å². The van der Waals surface area contributed by atoms with Crippen molar-refractivity contribution >= 4 is 23.0 Å². The molecule has 0 unspecified atom stereocenters. The molecular weight excluding hydrogens is 400 g/mol. The molecule has 0 atom stereocenters. The third-order valence-corrected chi connectivity index (χ3v) is 6.53. The lowest BCUT2D eigenvalue weighted by Gasteiger charge is -2.25. The van der Waals surface area contributed by atoms with E-state index in [9.17, 15) is 10.1 Å². The summed E-state index contributed by atoms with van der Waals surface area (Å²) < 4.78 is 7.55. The zero-order chi connectivity index (χ0) is 22.2. The van der Waals surface area contributed by atoms with E-state index in [1.165, 1.54) is 11.1 Å². The number of fused-ring (bicyclic) bond motifs is 2. The largest absolute Gasteiger partial charge is 0.378 e. The molecule has 3 heterocycles. The number of hydrogen-bond acceptors (Lipinski definition) is 4. The SMILES string of the molecule is Cc1cc(C)c2c(C#N)c(C=CC(=O)N3CCOCC3)n(C3Cc4ccccc4C3)c2n1. The van der Waals surface area contributed by atoms with E-state index in [0.717, 1.165) is 40.8 Å². The summed E-state index contributed by atoms with van der Waals surface area (Å²) in [6.45, 7) is 6.32. The predicted octanol–water partition coefficient (Wildman–Crippen LogP) is 3.74. The van der Waals surface area contributed by atoms with Crippen molar-refractivity contribution in [3.63, 3.8) is 0 Å². The van der Waals surface area contributed by atoms with Crippen LogP contribution >= 0.6 is 0 Å². The van der Waals surface area contributed by atoms with E-state index in [1.54, 1.807) is 11.0 Å². The van der Waals surface area contributed by atoms with Crippen molar-refractivity contribution in [1.82, 2.24) is 14.5 Å². The first-order valence-corrected chi connectivity index (χ1v) is 11.1. The number of carbonyl (C=O) groups excluding carboxylic acids is 1. The van der Waals surface area contributed by atoms with Gasteiger partial charge in [-0.3, -0.25) is 4.79 Å². The molecule has 0 radical (unpaired) electrons. The van der Waals surface area contributed by atoms with Crippen LogP contribution in [0.25, 0.3) is 17.1 Å². The fourth-order valence-corrected chi connectivity index (χ4v) is 5.07. The molecule has 1 saturated heterocycles. The Kier molecular flexibility index (Phi) is 5.28. The summed E-state index contributed by atoms with van der Waals surface area (Å²) in [6.07, 6.45) is 5.19. The number of morpholine rings is 1. The Labute approximate surface area is 187 Å². The predicted molar refractivity (Wildman–Crippen MR) is 123 cm³/mol. The summed E-state index contributed by atoms with van der Waals surface area (Å²) in [6, 6.07) is 13.1. The van der Waals surface area contributed by atoms with Gasteiger partial charge in [0, 0.05) is 36.3 Å². The highest BCUT2D eigenvalue weighted by Crippen LogP contribution is 2.37. The van der Waals surface area contributed by atoms with E-state index in [2.05, 4.69) is 34.9 Å². The number of benzene rings is 1. The molecular formula is C26H26N4O2. The average molecular weight is 427 g/mol. The second-order valence-corrected chi connectivity index (χ2v) is 8.62. The van der Waals surface area contributed by atoms with Gasteiger partial charge >= 0.3 is 0 Å². The Morgan fingerprint density at radius 3 is 2.53 bits per heavy atom. The van der Waals surface area contributed by atoms with E-state index in [-0.39, 0.29) is 11.9 Å². The van der Waals surface area contributed by atoms with Crippen molar-refractivity contribution in [2.24, 2.45) is 0 Å². The minimum absolute atomic E-state index is 0.0513. The molecule has 1 amide bonds. The summed E-state index contributed by atoms with van der Waals surface area (Å²) in [5, 5.41) is 11.0. The maximum absolute atomic E-state index is 12.8. The van der Waals surface area contributed by atoms with Gasteiger partial charge in [-0.05, 0) is 55.5 Å². The molecule has 3 aromatic rings. The number of carbonyl (C=O) groups is 1. The molecule has 32 heavy (non-hydrogen) atoms. The summed E-state index contributed by atoms with van der Waals surface area (Å²) in [5.74, 6) is -0.0513. The molecule has 5 rings (SSSR count). The van der Waals surface area contributed by atoms with E-state index in [4.69, 9.17) is 9.72 Å². The average Bonchev–Trinajstić information content (AvgIpc) is 3.36. The number of aromatic nitrogens is 2. The van der Waals surface area contributed by atoms with Gasteiger partial charge in [-0.2, -0.15) is 5.26 Å². The molecule has 162 valence electrons. The molecule has 1 aromatic carbocycles. The molecule has 1 fully saturated rings. The highest BCUT2D eigenvalue weighted by molar-refractivity contribution is 5.96. The number of nitrogens with zero attached hydrogens (tertiary/aromatic N) is 4. The van der Waals surface area contributed by atoms with Crippen molar-refractivity contribution in [2.75, 3.05) is 26.3 Å². The van der Waals surface area contributed by atoms with Gasteiger partial charge in [0.1, 0.15) is 11.7 Å². The lowest BCUT2D eigenvalue weighted by atomic mass is 10.1. The third kappa shape index (κ3) is 3.49. The van der Waals surface area contributed by atoms with Crippen LogP contribution in [0.15, 0.2) is 36.4 Å². The van der Waals surface area contributed by atoms with Gasteiger partial charge in [0.25, 0.3) is 0 Å². The van der Waals surface area contributed by atoms with Gasteiger partial charge in [-0.1, -0.05) is 24.3 Å². The molecule has 0 spiro atoms. The van der Waals surface area contributed by atoms with E-state index in [0.29, 0.717) is 31.9 Å². The fourth-order valence-electron chi connectivity index (χ4n) is 5.07. The summed E-state index contributed by atoms with van der Waals surface area (Å²) >= 11 is 0. The van der Waals surface area contributed by atoms with Gasteiger partial charge in [0.2, 0.25) is 5.91 Å². The number of ether oxygens (including phenoxy) is 1. The minimum Gasteiger partial charge on any atom is -0.378 e. The Balaban J connectivity index is 1.63. The maximum Gasteiger partial charge on any atom is 0.246 e. The first-order chi connectivity index (χ1) is 15.6. The van der Waals surface area contributed by atoms with Gasteiger partial charge in [0.15, 0.2) is 0 Å². The normalized spacial score (nSPS) is 16.6. The van der Waals surface area contributed by atoms with E-state index < -0.39 is 0 Å². The second-order valence-electron chi connectivity index (χ2n) is 8.62. The zero-order valence-electron chi connectivity index (χ0n) is 18.5. The molecule has 0 N–H and O–H groups in total. The highest BCUT2D eigenvalue weighted by Gasteiger charge is 2.29. The topological polar surface area (TPSA) is 71.2 Å². The summed E-state index contributed by atoms with van der Waals surface area (Å²) in [7, 11) is 0. The third-order valence-electron chi connectivity index (χ3n) is 6.53. The molecule has 2 aliphatic rings. The molecule has 6 heteroatoms. The molecule has 1 aliphatic heterocycles. The number of hydrogen-bond donors (Lipinski definition) is 0. The Morgan fingerprint density at radius 1 is 1.19 bits per heavy atom. The van der Waals surface area contributed by atoms with Crippen LogP contribution in [-0.2, 0) is 22.4 Å². The van der Waals surface area contributed by atoms with Crippen LogP contribution in [0.4, 0.5) is 0 Å². The lowest BCUT2D eigenvalue weighted by molar-refractivity contribution is -0.129. The zero-order valence-corrected chi connectivity index (χ0v) is 18.5. The van der Waals surface area contributed by atoms with Gasteiger partial charge in [-0.15, -0.1) is 0 Å². The van der Waals surface area contributed by atoms with E-state index >= 15 is 0 Å². The summed E-state index contributed by atoms with van der Waals surface area (Å²) in [4.78, 5) is 19.4. The molecule has 2 aromatic heterocycles. The van der Waals surface area contributed by atoms with Gasteiger partial charge in [-0.25, -0.2) is 4.98 Å². The second kappa shape index (κ2) is 8.25. The van der Waals surface area contributed by atoms with Crippen molar-refractivity contribution in [3.8, 4) is 6.07 Å². The summed E-state index contributed by atoms with van der Waals surface area (Å²) in [5.41, 5.74) is 6.81. The first kappa shape index (κ1) is 20.5. The van der Waals surface area contributed by atoms with Crippen LogP contribution < -0.4 is 0 Å². The fraction of sp³-hybridized carbons (Fsp3) is 0.346. The highest BCUT2D eigenvalue weighted by atomic mass is 16.5. The molecule has 1 aliphatic carbocycles. The van der Waals surface area contributed by atoms with Gasteiger partial charge < -0.3 is 14.2 Å². The molecule has 0 bridgehead atoms. The van der Waals surface area contributed by atoms with Crippen LogP contribution in [-0.4, -0.2) is 46.7 Å². The van der Waals surface area contributed by atoms with E-state index in [1.807, 2.05) is 26.0 Å². The quantitative estimate of drug-likeness (QED) is 0.598. The van der Waals surface area contributed by atoms with Crippen molar-refractivity contribution in [3.05, 3.63) is 70.0 Å². The first-order valence-electron chi connectivity index (χ1n) is 11.1. The van der Waals surface area contributed by atoms with Crippen LogP contribution in [0.3, 0.4) is 0 Å². The number of rotatable bonds is 3. The number of pyridine rings is 1. The lowest BCUT2D eigenvalue weighted by Crippen LogP contribution is -2.39. The van der Waals surface area contributed by atoms with Crippen LogP contribution in [0.1, 0.15) is 39.7 Å². The Morgan fingerprint density at radius 2 is 1.88 bits per heavy atom. The minimum atomic E-state index is -0.0513. The van der Waals surface area contributed by atoms with Gasteiger partial charge in [0.05, 0.1) is 24.5 Å². The number of nitriles is 1. The maximum atomic E-state index is 12.8.